The molecule has 1 atom stereocenters. The summed E-state index contributed by atoms with van der Waals surface area (Å²) < 4.78 is 13.7. The van der Waals surface area contributed by atoms with Gasteiger partial charge < -0.3 is 5.73 Å². The lowest BCUT2D eigenvalue weighted by Gasteiger charge is -2.06. The number of hydrogen-bond donors (Lipinski definition) is 1. The van der Waals surface area contributed by atoms with Crippen molar-refractivity contribution in [3.05, 3.63) is 71.0 Å². The molecule has 3 rings (SSSR count). The van der Waals surface area contributed by atoms with E-state index in [-0.39, 0.29) is 11.9 Å². The summed E-state index contributed by atoms with van der Waals surface area (Å²) in [6.45, 7) is 0.524. The molecule has 1 aliphatic heterocycles. The Morgan fingerprint density at radius 2 is 1.86 bits per heavy atom. The second-order valence-electron chi connectivity index (χ2n) is 5.01. The van der Waals surface area contributed by atoms with Gasteiger partial charge in [0.05, 0.1) is 11.6 Å². The van der Waals surface area contributed by atoms with Gasteiger partial charge in [-0.05, 0) is 29.7 Å². The van der Waals surface area contributed by atoms with Gasteiger partial charge in [-0.1, -0.05) is 36.4 Å². The van der Waals surface area contributed by atoms with Crippen LogP contribution in [-0.4, -0.2) is 18.1 Å². The third kappa shape index (κ3) is 3.06. The average molecular weight is 281 g/mol. The van der Waals surface area contributed by atoms with Gasteiger partial charge in [-0.3, -0.25) is 4.99 Å². The molecule has 0 amide bonds. The number of aliphatic imine (C=N–C) groups is 2. The lowest BCUT2D eigenvalue weighted by molar-refractivity contribution is 0.625. The van der Waals surface area contributed by atoms with E-state index < -0.39 is 0 Å². The summed E-state index contributed by atoms with van der Waals surface area (Å²) in [6, 6.07) is 14.6. The fourth-order valence-corrected chi connectivity index (χ4v) is 2.39. The molecule has 0 radical (unpaired) electrons. The van der Waals surface area contributed by atoms with Crippen molar-refractivity contribution in [1.29, 1.82) is 0 Å². The highest BCUT2D eigenvalue weighted by Crippen LogP contribution is 2.16. The maximum Gasteiger partial charge on any atom is 0.157 e. The van der Waals surface area contributed by atoms with Crippen LogP contribution in [0.15, 0.2) is 58.5 Å². The number of nitrogens with two attached hydrogens (primary N) is 1. The first-order chi connectivity index (χ1) is 10.3. The third-order valence-corrected chi connectivity index (χ3v) is 3.44. The van der Waals surface area contributed by atoms with Crippen molar-refractivity contribution in [3.63, 3.8) is 0 Å². The molecule has 0 saturated heterocycles. The maximum atomic E-state index is 13.7. The molecular formula is C17H16FN3. The Kier molecular flexibility index (Phi) is 3.88. The standard InChI is InChI=1S/C17H16FN3/c18-16-7-2-1-6-15(16)17-20-11-14(21-17)9-12-4-3-5-13(8-12)10-19/h1-8,11,14H,9-10,19H2. The predicted octanol–water partition coefficient (Wildman–Crippen LogP) is 2.73. The van der Waals surface area contributed by atoms with Gasteiger partial charge in [-0.2, -0.15) is 0 Å². The topological polar surface area (TPSA) is 50.7 Å². The van der Waals surface area contributed by atoms with E-state index in [9.17, 15) is 4.39 Å². The average Bonchev–Trinajstić information content (AvgIpc) is 2.96. The lowest BCUT2D eigenvalue weighted by Crippen LogP contribution is -2.08. The Hall–Kier alpha value is -2.33. The van der Waals surface area contributed by atoms with Gasteiger partial charge in [0.25, 0.3) is 0 Å². The molecule has 0 aliphatic carbocycles. The predicted molar refractivity (Wildman–Crippen MR) is 83.3 cm³/mol. The van der Waals surface area contributed by atoms with Gasteiger partial charge in [0.15, 0.2) is 5.84 Å². The van der Waals surface area contributed by atoms with E-state index in [0.717, 1.165) is 17.5 Å². The van der Waals surface area contributed by atoms with Crippen molar-refractivity contribution in [3.8, 4) is 0 Å². The molecule has 2 aromatic carbocycles. The molecular weight excluding hydrogens is 265 g/mol. The van der Waals surface area contributed by atoms with Crippen molar-refractivity contribution in [2.45, 2.75) is 19.0 Å². The quantitative estimate of drug-likeness (QED) is 0.920. The van der Waals surface area contributed by atoms with Gasteiger partial charge >= 0.3 is 0 Å². The minimum absolute atomic E-state index is 0.0485. The van der Waals surface area contributed by atoms with E-state index in [2.05, 4.69) is 16.1 Å². The highest BCUT2D eigenvalue weighted by molar-refractivity contribution is 6.07. The van der Waals surface area contributed by atoms with Crippen LogP contribution in [0, 0.1) is 5.82 Å². The van der Waals surface area contributed by atoms with Crippen LogP contribution in [0.4, 0.5) is 4.39 Å². The number of hydrogen-bond acceptors (Lipinski definition) is 3. The molecule has 21 heavy (non-hydrogen) atoms. The largest absolute Gasteiger partial charge is 0.326 e. The van der Waals surface area contributed by atoms with Crippen LogP contribution in [0.5, 0.6) is 0 Å². The highest BCUT2D eigenvalue weighted by Gasteiger charge is 2.16. The molecule has 2 aromatic rings. The van der Waals surface area contributed by atoms with Crippen molar-refractivity contribution < 1.29 is 4.39 Å². The third-order valence-electron chi connectivity index (χ3n) is 3.44. The number of nitrogens with zero attached hydrogens (tertiary/aromatic N) is 2. The Labute approximate surface area is 123 Å². The highest BCUT2D eigenvalue weighted by atomic mass is 19.1. The van der Waals surface area contributed by atoms with Gasteiger partial charge in [-0.15, -0.1) is 0 Å². The van der Waals surface area contributed by atoms with Crippen LogP contribution >= 0.6 is 0 Å². The summed E-state index contributed by atoms with van der Waals surface area (Å²) in [4.78, 5) is 8.74. The van der Waals surface area contributed by atoms with E-state index in [1.54, 1.807) is 24.4 Å². The zero-order chi connectivity index (χ0) is 14.7. The Balaban J connectivity index is 1.77. The van der Waals surface area contributed by atoms with E-state index in [1.165, 1.54) is 6.07 Å². The number of rotatable bonds is 4. The van der Waals surface area contributed by atoms with Crippen LogP contribution in [0.25, 0.3) is 0 Å². The molecule has 0 spiro atoms. The molecule has 1 heterocycles. The van der Waals surface area contributed by atoms with E-state index in [0.29, 0.717) is 17.9 Å². The molecule has 1 unspecified atom stereocenters. The van der Waals surface area contributed by atoms with Gasteiger partial charge in [0.1, 0.15) is 5.82 Å². The summed E-state index contributed by atoms with van der Waals surface area (Å²) in [5.74, 6) is 0.173. The molecule has 0 fully saturated rings. The molecule has 0 bridgehead atoms. The summed E-state index contributed by atoms with van der Waals surface area (Å²) >= 11 is 0. The Morgan fingerprint density at radius 1 is 1.05 bits per heavy atom. The molecule has 3 nitrogen and oxygen atoms in total. The Bertz CT molecular complexity index is 707. The molecule has 0 saturated carbocycles. The lowest BCUT2D eigenvalue weighted by atomic mass is 10.0. The molecule has 0 aromatic heterocycles. The Morgan fingerprint density at radius 3 is 2.67 bits per heavy atom. The molecule has 1 aliphatic rings. The zero-order valence-corrected chi connectivity index (χ0v) is 11.5. The van der Waals surface area contributed by atoms with E-state index >= 15 is 0 Å². The number of halogens is 1. The van der Waals surface area contributed by atoms with Crippen LogP contribution < -0.4 is 5.73 Å². The number of amidine groups is 1. The molecule has 106 valence electrons. The second kappa shape index (κ2) is 5.97. The first-order valence-electron chi connectivity index (χ1n) is 6.91. The summed E-state index contributed by atoms with van der Waals surface area (Å²) in [5, 5.41) is 0. The van der Waals surface area contributed by atoms with Crippen molar-refractivity contribution >= 4 is 12.1 Å². The summed E-state index contributed by atoms with van der Waals surface area (Å²) in [7, 11) is 0. The molecule has 4 heteroatoms. The monoisotopic (exact) mass is 281 g/mol. The summed E-state index contributed by atoms with van der Waals surface area (Å²) in [5.41, 5.74) is 8.35. The fraction of sp³-hybridized carbons (Fsp3) is 0.176. The van der Waals surface area contributed by atoms with Crippen LogP contribution in [0.3, 0.4) is 0 Å². The zero-order valence-electron chi connectivity index (χ0n) is 11.5. The van der Waals surface area contributed by atoms with Crippen molar-refractivity contribution in [1.82, 2.24) is 0 Å². The van der Waals surface area contributed by atoms with Crippen LogP contribution in [-0.2, 0) is 13.0 Å². The fourth-order valence-electron chi connectivity index (χ4n) is 2.39. The van der Waals surface area contributed by atoms with Crippen LogP contribution in [0.2, 0.25) is 0 Å². The summed E-state index contributed by atoms with van der Waals surface area (Å²) in [6.07, 6.45) is 2.52. The first-order valence-corrected chi connectivity index (χ1v) is 6.91. The normalized spacial score (nSPS) is 17.0. The molecule has 2 N–H and O–H groups in total. The van der Waals surface area contributed by atoms with Crippen molar-refractivity contribution in [2.24, 2.45) is 15.7 Å². The second-order valence-corrected chi connectivity index (χ2v) is 5.01. The van der Waals surface area contributed by atoms with E-state index in [1.807, 2.05) is 18.2 Å². The maximum absolute atomic E-state index is 13.7. The van der Waals surface area contributed by atoms with Crippen LogP contribution in [0.1, 0.15) is 16.7 Å². The van der Waals surface area contributed by atoms with Crippen molar-refractivity contribution in [2.75, 3.05) is 0 Å². The first kappa shape index (κ1) is 13.6. The smallest absolute Gasteiger partial charge is 0.157 e. The minimum Gasteiger partial charge on any atom is -0.326 e. The van der Waals surface area contributed by atoms with Gasteiger partial charge in [0.2, 0.25) is 0 Å². The van der Waals surface area contributed by atoms with E-state index in [4.69, 9.17) is 5.73 Å². The SMILES string of the molecule is NCc1cccc(CC2C=NC(c3ccccc3F)=N2)c1. The van der Waals surface area contributed by atoms with Gasteiger partial charge in [-0.25, -0.2) is 9.38 Å². The number of benzene rings is 2. The minimum atomic E-state index is -0.292. The van der Waals surface area contributed by atoms with Gasteiger partial charge in [0, 0.05) is 12.8 Å².